The molecule has 0 fully saturated rings. The van der Waals surface area contributed by atoms with Crippen molar-refractivity contribution in [3.63, 3.8) is 0 Å². The highest BCUT2D eigenvalue weighted by atomic mass is 16.2. The number of rotatable bonds is 3. The van der Waals surface area contributed by atoms with Crippen LogP contribution >= 0.6 is 0 Å². The van der Waals surface area contributed by atoms with Gasteiger partial charge in [0.1, 0.15) is 0 Å². The maximum Gasteiger partial charge on any atom is 0.332 e. The van der Waals surface area contributed by atoms with E-state index in [-0.39, 0.29) is 6.04 Å². The van der Waals surface area contributed by atoms with Crippen molar-refractivity contribution in [3.05, 3.63) is 0 Å². The Morgan fingerprint density at radius 1 is 1.90 bits per heavy atom. The third kappa shape index (κ3) is 5.04. The van der Waals surface area contributed by atoms with Gasteiger partial charge in [-0.05, 0) is 6.42 Å². The van der Waals surface area contributed by atoms with Gasteiger partial charge in [-0.2, -0.15) is 5.10 Å². The van der Waals surface area contributed by atoms with E-state index in [2.05, 4.69) is 5.10 Å². The van der Waals surface area contributed by atoms with Crippen molar-refractivity contribution in [2.75, 3.05) is 0 Å². The minimum atomic E-state index is -0.681. The van der Waals surface area contributed by atoms with Gasteiger partial charge in [-0.15, -0.1) is 0 Å². The van der Waals surface area contributed by atoms with Crippen LogP contribution in [0.25, 0.3) is 0 Å². The lowest BCUT2D eigenvalue weighted by molar-refractivity contribution is 0.249. The number of hydrazone groups is 1. The molecular formula is C5H12N4O. The maximum absolute atomic E-state index is 10.0. The molecule has 5 heteroatoms. The molecule has 0 aliphatic heterocycles. The number of primary amides is 1. The maximum atomic E-state index is 10.0. The highest BCUT2D eigenvalue weighted by Crippen LogP contribution is 1.78. The molecule has 0 aromatic heterocycles. The fraction of sp³-hybridized carbons (Fsp3) is 0.600. The van der Waals surface area contributed by atoms with Crippen molar-refractivity contribution >= 4 is 12.2 Å². The molecule has 10 heavy (non-hydrogen) atoms. The van der Waals surface area contributed by atoms with Crippen molar-refractivity contribution in [3.8, 4) is 0 Å². The summed E-state index contributed by atoms with van der Waals surface area (Å²) in [5.74, 6) is 0. The van der Waals surface area contributed by atoms with Gasteiger partial charge in [0.25, 0.3) is 0 Å². The Kier molecular flexibility index (Phi) is 4.23. The van der Waals surface area contributed by atoms with Gasteiger partial charge >= 0.3 is 6.03 Å². The van der Waals surface area contributed by atoms with Gasteiger partial charge in [-0.3, -0.25) is 0 Å². The Balaban J connectivity index is 3.45. The van der Waals surface area contributed by atoms with E-state index in [1.165, 1.54) is 6.21 Å². The number of carbonyl (C=O) groups is 1. The SMILES string of the molecule is CCC(N)/C=N/NC(N)=O. The van der Waals surface area contributed by atoms with E-state index >= 15 is 0 Å². The van der Waals surface area contributed by atoms with E-state index in [0.29, 0.717) is 0 Å². The second-order valence-electron chi connectivity index (χ2n) is 1.83. The number of nitrogens with two attached hydrogens (primary N) is 2. The van der Waals surface area contributed by atoms with Crippen LogP contribution in [-0.2, 0) is 0 Å². The number of nitrogens with one attached hydrogen (secondary N) is 1. The van der Waals surface area contributed by atoms with Gasteiger partial charge in [-0.1, -0.05) is 6.92 Å². The Morgan fingerprint density at radius 2 is 2.50 bits per heavy atom. The molecule has 0 spiro atoms. The van der Waals surface area contributed by atoms with Crippen LogP contribution in [0.3, 0.4) is 0 Å². The average Bonchev–Trinajstić information content (AvgIpc) is 1.87. The fourth-order valence-electron chi connectivity index (χ4n) is 0.302. The Morgan fingerprint density at radius 3 is 2.90 bits per heavy atom. The normalized spacial score (nSPS) is 13.4. The number of nitrogens with zero attached hydrogens (tertiary/aromatic N) is 1. The van der Waals surface area contributed by atoms with Crippen molar-refractivity contribution < 1.29 is 4.79 Å². The molecular weight excluding hydrogens is 132 g/mol. The second kappa shape index (κ2) is 4.75. The third-order valence-corrected chi connectivity index (χ3v) is 0.912. The molecule has 0 radical (unpaired) electrons. The molecule has 0 heterocycles. The zero-order valence-electron chi connectivity index (χ0n) is 5.87. The smallest absolute Gasteiger partial charge is 0.332 e. The average molecular weight is 144 g/mol. The van der Waals surface area contributed by atoms with E-state index < -0.39 is 6.03 Å². The molecule has 0 saturated heterocycles. The highest BCUT2D eigenvalue weighted by Gasteiger charge is 1.91. The zero-order valence-corrected chi connectivity index (χ0v) is 5.87. The third-order valence-electron chi connectivity index (χ3n) is 0.912. The molecule has 1 atom stereocenters. The molecule has 5 nitrogen and oxygen atoms in total. The van der Waals surface area contributed by atoms with Crippen LogP contribution in [0.1, 0.15) is 13.3 Å². The molecule has 0 rings (SSSR count). The predicted molar refractivity (Wildman–Crippen MR) is 39.5 cm³/mol. The van der Waals surface area contributed by atoms with Crippen LogP contribution < -0.4 is 16.9 Å². The molecule has 0 saturated carbocycles. The molecule has 0 aromatic carbocycles. The topological polar surface area (TPSA) is 93.5 Å². The van der Waals surface area contributed by atoms with Gasteiger partial charge in [-0.25, -0.2) is 10.2 Å². The van der Waals surface area contributed by atoms with Crippen molar-refractivity contribution in [2.45, 2.75) is 19.4 Å². The van der Waals surface area contributed by atoms with Gasteiger partial charge in [0.2, 0.25) is 0 Å². The first-order valence-electron chi connectivity index (χ1n) is 3.01. The minimum absolute atomic E-state index is 0.119. The quantitative estimate of drug-likeness (QED) is 0.363. The first-order valence-corrected chi connectivity index (χ1v) is 3.01. The molecule has 1 unspecified atom stereocenters. The van der Waals surface area contributed by atoms with Crippen molar-refractivity contribution in [1.82, 2.24) is 5.43 Å². The van der Waals surface area contributed by atoms with Crippen LogP contribution in [0.4, 0.5) is 4.79 Å². The van der Waals surface area contributed by atoms with Crippen LogP contribution in [0.5, 0.6) is 0 Å². The summed E-state index contributed by atoms with van der Waals surface area (Å²) in [6, 6.07) is -0.800. The second-order valence-corrected chi connectivity index (χ2v) is 1.83. The Bertz CT molecular complexity index is 134. The molecule has 0 bridgehead atoms. The molecule has 0 aliphatic rings. The van der Waals surface area contributed by atoms with Gasteiger partial charge in [0.05, 0.1) is 0 Å². The number of carbonyl (C=O) groups excluding carboxylic acids is 1. The summed E-state index contributed by atoms with van der Waals surface area (Å²) in [5.41, 5.74) is 12.2. The van der Waals surface area contributed by atoms with Crippen LogP contribution in [0.15, 0.2) is 5.10 Å². The molecule has 58 valence electrons. The summed E-state index contributed by atoms with van der Waals surface area (Å²) in [7, 11) is 0. The zero-order chi connectivity index (χ0) is 7.98. The lowest BCUT2D eigenvalue weighted by atomic mass is 10.3. The first kappa shape index (κ1) is 8.90. The Hall–Kier alpha value is -1.10. The fourth-order valence-corrected chi connectivity index (χ4v) is 0.302. The van der Waals surface area contributed by atoms with Crippen molar-refractivity contribution in [1.29, 1.82) is 0 Å². The van der Waals surface area contributed by atoms with E-state index in [1.54, 1.807) is 0 Å². The summed E-state index contributed by atoms with van der Waals surface area (Å²) in [5, 5.41) is 3.47. The van der Waals surface area contributed by atoms with Crippen LogP contribution in [-0.4, -0.2) is 18.3 Å². The number of hydrogen-bond donors (Lipinski definition) is 3. The predicted octanol–water partition coefficient (Wildman–Crippen LogP) is -0.622. The summed E-state index contributed by atoms with van der Waals surface area (Å²) in [4.78, 5) is 10.0. The van der Waals surface area contributed by atoms with E-state index in [0.717, 1.165) is 6.42 Å². The molecule has 0 aromatic rings. The Labute approximate surface area is 59.5 Å². The van der Waals surface area contributed by atoms with Gasteiger partial charge in [0, 0.05) is 12.3 Å². The lowest BCUT2D eigenvalue weighted by Gasteiger charge is -1.98. The van der Waals surface area contributed by atoms with E-state index in [4.69, 9.17) is 11.5 Å². The van der Waals surface area contributed by atoms with Gasteiger partial charge in [0.15, 0.2) is 0 Å². The van der Waals surface area contributed by atoms with Crippen molar-refractivity contribution in [2.24, 2.45) is 16.6 Å². The summed E-state index contributed by atoms with van der Waals surface area (Å²) >= 11 is 0. The van der Waals surface area contributed by atoms with E-state index in [1.807, 2.05) is 12.3 Å². The lowest BCUT2D eigenvalue weighted by Crippen LogP contribution is -2.27. The largest absolute Gasteiger partial charge is 0.350 e. The molecule has 2 amide bonds. The summed E-state index contributed by atoms with van der Waals surface area (Å²) in [6.45, 7) is 1.92. The minimum Gasteiger partial charge on any atom is -0.350 e. The number of amides is 2. The standard InChI is InChI=1S/C5H12N4O/c1-2-4(6)3-8-9-5(7)10/h3-4H,2,6H2,1H3,(H3,7,9,10)/b8-3+. The number of hydrogen-bond acceptors (Lipinski definition) is 3. The van der Waals surface area contributed by atoms with E-state index in [9.17, 15) is 4.79 Å². The van der Waals surface area contributed by atoms with Crippen LogP contribution in [0.2, 0.25) is 0 Å². The molecule has 5 N–H and O–H groups in total. The summed E-state index contributed by atoms with van der Waals surface area (Å²) in [6.07, 6.45) is 2.22. The highest BCUT2D eigenvalue weighted by molar-refractivity contribution is 5.73. The first-order chi connectivity index (χ1) is 4.66. The van der Waals surface area contributed by atoms with Crippen LogP contribution in [0, 0.1) is 0 Å². The molecule has 0 aliphatic carbocycles. The number of urea groups is 1. The summed E-state index contributed by atoms with van der Waals surface area (Å²) < 4.78 is 0. The monoisotopic (exact) mass is 144 g/mol. The van der Waals surface area contributed by atoms with Gasteiger partial charge < -0.3 is 11.5 Å².